The predicted octanol–water partition coefficient (Wildman–Crippen LogP) is 1.50. The molecule has 0 aromatic rings. The molecule has 0 aliphatic carbocycles. The zero-order chi connectivity index (χ0) is 9.84. The number of carboxylic acid groups (broad SMARTS) is 1. The minimum absolute atomic E-state index is 0.0159. The minimum atomic E-state index is -0.877. The highest BCUT2D eigenvalue weighted by atomic mass is 16.4. The topological polar surface area (TPSA) is 40.5 Å². The van der Waals surface area contributed by atoms with Crippen molar-refractivity contribution >= 4 is 5.97 Å². The van der Waals surface area contributed by atoms with E-state index in [9.17, 15) is 4.79 Å². The highest BCUT2D eigenvalue weighted by Crippen LogP contribution is 2.16. The quantitative estimate of drug-likeness (QED) is 0.674. The normalized spacial score (nSPS) is 21.0. The maximum atomic E-state index is 10.7. The molecule has 1 aliphatic rings. The van der Waals surface area contributed by atoms with Crippen molar-refractivity contribution in [1.29, 1.82) is 0 Å². The van der Waals surface area contributed by atoms with E-state index in [2.05, 4.69) is 11.5 Å². The van der Waals surface area contributed by atoms with Crippen molar-refractivity contribution in [3.05, 3.63) is 12.2 Å². The molecule has 1 aliphatic heterocycles. The fourth-order valence-corrected chi connectivity index (χ4v) is 1.70. The maximum absolute atomic E-state index is 10.7. The Balaban J connectivity index is 2.49. The van der Waals surface area contributed by atoms with E-state index in [-0.39, 0.29) is 6.04 Å². The molecule has 1 atom stereocenters. The summed E-state index contributed by atoms with van der Waals surface area (Å²) in [5.41, 5.74) is 0.307. The van der Waals surface area contributed by atoms with Crippen molar-refractivity contribution in [3.63, 3.8) is 0 Å². The number of carboxylic acids is 1. The lowest BCUT2D eigenvalue weighted by molar-refractivity contribution is -0.133. The highest BCUT2D eigenvalue weighted by molar-refractivity contribution is 5.87. The first-order valence-electron chi connectivity index (χ1n) is 4.79. The van der Waals surface area contributed by atoms with Crippen molar-refractivity contribution in [3.8, 4) is 0 Å². The molecule has 0 spiro atoms. The number of hydrogen-bond acceptors (Lipinski definition) is 2. The SMILES string of the molecule is C=C(C(=O)O)C(C)N1CCCCC1. The van der Waals surface area contributed by atoms with Gasteiger partial charge in [0.1, 0.15) is 0 Å². The second kappa shape index (κ2) is 4.42. The van der Waals surface area contributed by atoms with Crippen LogP contribution >= 0.6 is 0 Å². The van der Waals surface area contributed by atoms with Crippen molar-refractivity contribution < 1.29 is 9.90 Å². The molecule has 13 heavy (non-hydrogen) atoms. The summed E-state index contributed by atoms with van der Waals surface area (Å²) in [6, 6.07) is -0.0159. The van der Waals surface area contributed by atoms with Gasteiger partial charge in [0.05, 0.1) is 0 Å². The number of carbonyl (C=O) groups is 1. The van der Waals surface area contributed by atoms with E-state index < -0.39 is 5.97 Å². The molecule has 0 aromatic carbocycles. The summed E-state index contributed by atoms with van der Waals surface area (Å²) in [6.45, 7) is 7.52. The van der Waals surface area contributed by atoms with Crippen LogP contribution in [0, 0.1) is 0 Å². The van der Waals surface area contributed by atoms with Gasteiger partial charge in [0.25, 0.3) is 0 Å². The molecule has 1 rings (SSSR count). The van der Waals surface area contributed by atoms with Gasteiger partial charge in [-0.15, -0.1) is 0 Å². The Kier molecular flexibility index (Phi) is 3.48. The largest absolute Gasteiger partial charge is 0.478 e. The van der Waals surface area contributed by atoms with Gasteiger partial charge in [-0.2, -0.15) is 0 Å². The van der Waals surface area contributed by atoms with Gasteiger partial charge < -0.3 is 5.11 Å². The van der Waals surface area contributed by atoms with Gasteiger partial charge in [-0.3, -0.25) is 4.90 Å². The first-order valence-corrected chi connectivity index (χ1v) is 4.79. The summed E-state index contributed by atoms with van der Waals surface area (Å²) >= 11 is 0. The Morgan fingerprint density at radius 1 is 1.38 bits per heavy atom. The van der Waals surface area contributed by atoms with E-state index in [1.54, 1.807) is 0 Å². The summed E-state index contributed by atoms with van der Waals surface area (Å²) in [7, 11) is 0. The molecule has 1 unspecified atom stereocenters. The van der Waals surface area contributed by atoms with E-state index in [4.69, 9.17) is 5.11 Å². The Morgan fingerprint density at radius 3 is 2.38 bits per heavy atom. The van der Waals surface area contributed by atoms with Gasteiger partial charge in [-0.1, -0.05) is 13.0 Å². The summed E-state index contributed by atoms with van der Waals surface area (Å²) < 4.78 is 0. The van der Waals surface area contributed by atoms with Crippen LogP contribution in [0.1, 0.15) is 26.2 Å². The summed E-state index contributed by atoms with van der Waals surface area (Å²) in [5.74, 6) is -0.877. The molecule has 0 amide bonds. The number of piperidine rings is 1. The fraction of sp³-hybridized carbons (Fsp3) is 0.700. The Morgan fingerprint density at radius 2 is 1.92 bits per heavy atom. The average molecular weight is 183 g/mol. The molecular weight excluding hydrogens is 166 g/mol. The van der Waals surface area contributed by atoms with Crippen molar-refractivity contribution in [2.45, 2.75) is 32.2 Å². The lowest BCUT2D eigenvalue weighted by Crippen LogP contribution is -2.39. The van der Waals surface area contributed by atoms with Crippen molar-refractivity contribution in [2.75, 3.05) is 13.1 Å². The Hall–Kier alpha value is -0.830. The zero-order valence-electron chi connectivity index (χ0n) is 8.12. The third-order valence-corrected chi connectivity index (χ3v) is 2.72. The van der Waals surface area contributed by atoms with Crippen LogP contribution in [0.3, 0.4) is 0 Å². The molecule has 3 nitrogen and oxygen atoms in total. The third kappa shape index (κ3) is 2.56. The lowest BCUT2D eigenvalue weighted by Gasteiger charge is -2.32. The number of hydrogen-bond donors (Lipinski definition) is 1. The van der Waals surface area contributed by atoms with Gasteiger partial charge in [0.2, 0.25) is 0 Å². The molecule has 3 heteroatoms. The molecule has 1 N–H and O–H groups in total. The van der Waals surface area contributed by atoms with Crippen LogP contribution in [0.2, 0.25) is 0 Å². The molecule has 1 saturated heterocycles. The van der Waals surface area contributed by atoms with Crippen LogP contribution < -0.4 is 0 Å². The summed E-state index contributed by atoms with van der Waals surface area (Å²) in [6.07, 6.45) is 3.62. The van der Waals surface area contributed by atoms with Crippen molar-refractivity contribution in [2.24, 2.45) is 0 Å². The second-order valence-corrected chi connectivity index (χ2v) is 3.60. The second-order valence-electron chi connectivity index (χ2n) is 3.60. The van der Waals surface area contributed by atoms with Crippen molar-refractivity contribution in [1.82, 2.24) is 4.90 Å². The summed E-state index contributed by atoms with van der Waals surface area (Å²) in [4.78, 5) is 12.9. The predicted molar refractivity (Wildman–Crippen MR) is 51.7 cm³/mol. The van der Waals surface area contributed by atoms with Gasteiger partial charge >= 0.3 is 5.97 Å². The van der Waals surface area contributed by atoms with Crippen LogP contribution in [0.4, 0.5) is 0 Å². The third-order valence-electron chi connectivity index (χ3n) is 2.72. The molecule has 0 saturated carbocycles. The summed E-state index contributed by atoms with van der Waals surface area (Å²) in [5, 5.41) is 8.76. The standard InChI is InChI=1S/C10H17NO2/c1-8(10(12)13)9(2)11-6-4-3-5-7-11/h9H,1,3-7H2,2H3,(H,12,13). The first-order chi connectivity index (χ1) is 6.13. The zero-order valence-corrected chi connectivity index (χ0v) is 8.12. The van der Waals surface area contributed by atoms with E-state index in [0.717, 1.165) is 13.1 Å². The van der Waals surface area contributed by atoms with Crippen LogP contribution in [0.5, 0.6) is 0 Å². The number of likely N-dealkylation sites (tertiary alicyclic amines) is 1. The van der Waals surface area contributed by atoms with E-state index in [1.165, 1.54) is 19.3 Å². The van der Waals surface area contributed by atoms with E-state index >= 15 is 0 Å². The number of rotatable bonds is 3. The van der Waals surface area contributed by atoms with Gasteiger partial charge in [0.15, 0.2) is 0 Å². The van der Waals surface area contributed by atoms with E-state index in [1.807, 2.05) is 6.92 Å². The molecule has 1 heterocycles. The maximum Gasteiger partial charge on any atom is 0.332 e. The van der Waals surface area contributed by atoms with Crippen LogP contribution in [0.15, 0.2) is 12.2 Å². The average Bonchev–Trinajstić information content (AvgIpc) is 2.17. The number of nitrogens with zero attached hydrogens (tertiary/aromatic N) is 1. The highest BCUT2D eigenvalue weighted by Gasteiger charge is 2.21. The monoisotopic (exact) mass is 183 g/mol. The van der Waals surface area contributed by atoms with Gasteiger partial charge in [0, 0.05) is 11.6 Å². The van der Waals surface area contributed by atoms with E-state index in [0.29, 0.717) is 5.57 Å². The van der Waals surface area contributed by atoms with Gasteiger partial charge in [-0.05, 0) is 32.9 Å². The molecular formula is C10H17NO2. The van der Waals surface area contributed by atoms with Crippen LogP contribution in [-0.4, -0.2) is 35.1 Å². The first kappa shape index (κ1) is 10.3. The van der Waals surface area contributed by atoms with Crippen LogP contribution in [-0.2, 0) is 4.79 Å². The molecule has 74 valence electrons. The fourth-order valence-electron chi connectivity index (χ4n) is 1.70. The van der Waals surface area contributed by atoms with Gasteiger partial charge in [-0.25, -0.2) is 4.79 Å². The number of aliphatic carboxylic acids is 1. The Bertz CT molecular complexity index is 207. The molecule has 0 radical (unpaired) electrons. The minimum Gasteiger partial charge on any atom is -0.478 e. The molecule has 0 bridgehead atoms. The molecule has 1 fully saturated rings. The molecule has 0 aromatic heterocycles. The Labute approximate surface area is 79.0 Å². The smallest absolute Gasteiger partial charge is 0.332 e. The van der Waals surface area contributed by atoms with Crippen LogP contribution in [0.25, 0.3) is 0 Å². The lowest BCUT2D eigenvalue weighted by atomic mass is 10.0.